The summed E-state index contributed by atoms with van der Waals surface area (Å²) >= 11 is 0. The zero-order chi connectivity index (χ0) is 13.0. The molecule has 0 unspecified atom stereocenters. The Balaban J connectivity index is 2.14. The second-order valence-electron chi connectivity index (χ2n) is 3.88. The molecule has 0 aliphatic rings. The molecule has 0 aromatic heterocycles. The van der Waals surface area contributed by atoms with Gasteiger partial charge in [0.05, 0.1) is 6.61 Å². The van der Waals surface area contributed by atoms with Gasteiger partial charge in [0, 0.05) is 23.4 Å². The molecule has 0 spiro atoms. The van der Waals surface area contributed by atoms with Crippen LogP contribution in [-0.2, 0) is 13.2 Å². The molecule has 4 heteroatoms. The minimum Gasteiger partial charge on any atom is -0.392 e. The van der Waals surface area contributed by atoms with Crippen LogP contribution in [0.1, 0.15) is 11.1 Å². The SMILES string of the molecule is OCc1ccccc1NCc1cccc(F)c1F. The van der Waals surface area contributed by atoms with E-state index < -0.39 is 11.6 Å². The second kappa shape index (κ2) is 5.60. The summed E-state index contributed by atoms with van der Waals surface area (Å²) in [7, 11) is 0. The molecule has 0 aliphatic carbocycles. The number of aliphatic hydroxyl groups is 1. The first-order valence-electron chi connectivity index (χ1n) is 5.58. The van der Waals surface area contributed by atoms with Crippen LogP contribution in [0.2, 0.25) is 0 Å². The van der Waals surface area contributed by atoms with Crippen molar-refractivity contribution >= 4 is 5.69 Å². The van der Waals surface area contributed by atoms with Crippen molar-refractivity contribution in [3.05, 3.63) is 65.2 Å². The van der Waals surface area contributed by atoms with E-state index in [1.807, 2.05) is 6.07 Å². The molecule has 0 saturated carbocycles. The van der Waals surface area contributed by atoms with Gasteiger partial charge in [-0.25, -0.2) is 8.78 Å². The third-order valence-corrected chi connectivity index (χ3v) is 2.69. The van der Waals surface area contributed by atoms with Crippen molar-refractivity contribution in [3.63, 3.8) is 0 Å². The van der Waals surface area contributed by atoms with Gasteiger partial charge in [0.2, 0.25) is 0 Å². The highest BCUT2D eigenvalue weighted by molar-refractivity contribution is 5.51. The molecule has 0 atom stereocenters. The van der Waals surface area contributed by atoms with Gasteiger partial charge in [-0.15, -0.1) is 0 Å². The quantitative estimate of drug-likeness (QED) is 0.872. The van der Waals surface area contributed by atoms with Crippen LogP contribution in [0.15, 0.2) is 42.5 Å². The van der Waals surface area contributed by atoms with E-state index in [4.69, 9.17) is 5.11 Å². The largest absolute Gasteiger partial charge is 0.392 e. The van der Waals surface area contributed by atoms with Crippen molar-refractivity contribution in [2.75, 3.05) is 5.32 Å². The number of rotatable bonds is 4. The lowest BCUT2D eigenvalue weighted by Crippen LogP contribution is -2.05. The minimum absolute atomic E-state index is 0.102. The van der Waals surface area contributed by atoms with Crippen LogP contribution in [0.3, 0.4) is 0 Å². The Hall–Kier alpha value is -1.94. The number of aliphatic hydroxyl groups excluding tert-OH is 1. The Morgan fingerprint density at radius 1 is 0.944 bits per heavy atom. The molecule has 2 aromatic rings. The van der Waals surface area contributed by atoms with Gasteiger partial charge in [-0.05, 0) is 12.1 Å². The van der Waals surface area contributed by atoms with Crippen molar-refractivity contribution in [1.82, 2.24) is 0 Å². The first kappa shape index (κ1) is 12.5. The number of para-hydroxylation sites is 1. The monoisotopic (exact) mass is 249 g/mol. The summed E-state index contributed by atoms with van der Waals surface area (Å²) in [5, 5.41) is 12.1. The van der Waals surface area contributed by atoms with Crippen LogP contribution in [0.5, 0.6) is 0 Å². The maximum atomic E-state index is 13.4. The van der Waals surface area contributed by atoms with Gasteiger partial charge in [-0.1, -0.05) is 30.3 Å². The standard InChI is InChI=1S/C14H13F2NO/c15-12-6-3-5-10(14(12)16)8-17-13-7-2-1-4-11(13)9-18/h1-7,17-18H,8-9H2. The maximum Gasteiger partial charge on any atom is 0.163 e. The minimum atomic E-state index is -0.857. The molecular weight excluding hydrogens is 236 g/mol. The van der Waals surface area contributed by atoms with Crippen LogP contribution in [0.4, 0.5) is 14.5 Å². The van der Waals surface area contributed by atoms with Crippen LogP contribution in [0, 0.1) is 11.6 Å². The van der Waals surface area contributed by atoms with E-state index in [9.17, 15) is 8.78 Å². The fraction of sp³-hybridized carbons (Fsp3) is 0.143. The summed E-state index contributed by atoms with van der Waals surface area (Å²) in [4.78, 5) is 0. The number of nitrogens with one attached hydrogen (secondary N) is 1. The molecule has 94 valence electrons. The molecular formula is C14H13F2NO. The molecule has 0 aliphatic heterocycles. The van der Waals surface area contributed by atoms with E-state index in [-0.39, 0.29) is 18.7 Å². The summed E-state index contributed by atoms with van der Waals surface area (Å²) in [5.74, 6) is -1.70. The lowest BCUT2D eigenvalue weighted by molar-refractivity contribution is 0.282. The summed E-state index contributed by atoms with van der Waals surface area (Å²) in [6.07, 6.45) is 0. The fourth-order valence-corrected chi connectivity index (χ4v) is 1.71. The Bertz CT molecular complexity index is 543. The average Bonchev–Trinajstić information content (AvgIpc) is 2.41. The average molecular weight is 249 g/mol. The maximum absolute atomic E-state index is 13.4. The van der Waals surface area contributed by atoms with Crippen molar-refractivity contribution in [1.29, 1.82) is 0 Å². The first-order valence-corrected chi connectivity index (χ1v) is 5.58. The van der Waals surface area contributed by atoms with Gasteiger partial charge in [-0.2, -0.15) is 0 Å². The summed E-state index contributed by atoms with van der Waals surface area (Å²) in [5.41, 5.74) is 1.68. The molecule has 2 rings (SSSR count). The highest BCUT2D eigenvalue weighted by atomic mass is 19.2. The highest BCUT2D eigenvalue weighted by Gasteiger charge is 2.07. The van der Waals surface area contributed by atoms with Gasteiger partial charge >= 0.3 is 0 Å². The highest BCUT2D eigenvalue weighted by Crippen LogP contribution is 2.17. The third-order valence-electron chi connectivity index (χ3n) is 2.69. The van der Waals surface area contributed by atoms with E-state index in [0.717, 1.165) is 6.07 Å². The van der Waals surface area contributed by atoms with Crippen molar-refractivity contribution in [3.8, 4) is 0 Å². The van der Waals surface area contributed by atoms with Gasteiger partial charge in [0.25, 0.3) is 0 Å². The molecule has 18 heavy (non-hydrogen) atoms. The Morgan fingerprint density at radius 3 is 2.44 bits per heavy atom. The molecule has 0 radical (unpaired) electrons. The van der Waals surface area contributed by atoms with E-state index >= 15 is 0 Å². The van der Waals surface area contributed by atoms with Crippen LogP contribution < -0.4 is 5.32 Å². The van der Waals surface area contributed by atoms with E-state index in [2.05, 4.69) is 5.32 Å². The normalized spacial score (nSPS) is 10.4. The van der Waals surface area contributed by atoms with Crippen molar-refractivity contribution < 1.29 is 13.9 Å². The van der Waals surface area contributed by atoms with E-state index in [1.165, 1.54) is 12.1 Å². The Morgan fingerprint density at radius 2 is 1.67 bits per heavy atom. The van der Waals surface area contributed by atoms with E-state index in [1.54, 1.807) is 18.2 Å². The summed E-state index contributed by atoms with van der Waals surface area (Å²) < 4.78 is 26.4. The van der Waals surface area contributed by atoms with Gasteiger partial charge in [0.1, 0.15) is 0 Å². The third kappa shape index (κ3) is 2.65. The lowest BCUT2D eigenvalue weighted by Gasteiger charge is -2.11. The smallest absolute Gasteiger partial charge is 0.163 e. The van der Waals surface area contributed by atoms with E-state index in [0.29, 0.717) is 11.3 Å². The number of hydrogen-bond donors (Lipinski definition) is 2. The molecule has 0 amide bonds. The molecule has 2 aromatic carbocycles. The topological polar surface area (TPSA) is 32.3 Å². The lowest BCUT2D eigenvalue weighted by atomic mass is 10.1. The summed E-state index contributed by atoms with van der Waals surface area (Å²) in [6.45, 7) is 0.0649. The number of hydrogen-bond acceptors (Lipinski definition) is 2. The summed E-state index contributed by atoms with van der Waals surface area (Å²) in [6, 6.07) is 11.2. The van der Waals surface area contributed by atoms with Crippen LogP contribution in [0.25, 0.3) is 0 Å². The second-order valence-corrected chi connectivity index (χ2v) is 3.88. The Kier molecular flexibility index (Phi) is 3.89. The van der Waals surface area contributed by atoms with Crippen LogP contribution in [-0.4, -0.2) is 5.11 Å². The van der Waals surface area contributed by atoms with Crippen molar-refractivity contribution in [2.45, 2.75) is 13.2 Å². The zero-order valence-electron chi connectivity index (χ0n) is 9.66. The van der Waals surface area contributed by atoms with Crippen LogP contribution >= 0.6 is 0 Å². The first-order chi connectivity index (χ1) is 8.72. The molecule has 0 heterocycles. The Labute approximate surface area is 104 Å². The number of halogens is 2. The molecule has 0 bridgehead atoms. The van der Waals surface area contributed by atoms with Gasteiger partial charge in [-0.3, -0.25) is 0 Å². The predicted molar refractivity (Wildman–Crippen MR) is 66.0 cm³/mol. The zero-order valence-corrected chi connectivity index (χ0v) is 9.66. The fourth-order valence-electron chi connectivity index (χ4n) is 1.71. The molecule has 0 saturated heterocycles. The van der Waals surface area contributed by atoms with Gasteiger partial charge < -0.3 is 10.4 Å². The molecule has 0 fully saturated rings. The molecule has 2 N–H and O–H groups in total. The van der Waals surface area contributed by atoms with Crippen molar-refractivity contribution in [2.24, 2.45) is 0 Å². The number of benzene rings is 2. The van der Waals surface area contributed by atoms with Gasteiger partial charge in [0.15, 0.2) is 11.6 Å². The molecule has 2 nitrogen and oxygen atoms in total. The predicted octanol–water partition coefficient (Wildman–Crippen LogP) is 3.07. The number of anilines is 1.